The molecule has 3 aromatic rings. The Hall–Kier alpha value is -3.61. The topological polar surface area (TPSA) is 179 Å². The molecule has 0 unspecified atom stereocenters. The number of methoxy groups -OCH3 is 1. The van der Waals surface area contributed by atoms with Crippen LogP contribution < -0.4 is 14.8 Å². The monoisotopic (exact) mass is 778 g/mol. The number of hydrogen-bond acceptors (Lipinski definition) is 10. The zero-order valence-electron chi connectivity index (χ0n) is 30.4. The Kier molecular flexibility index (Phi) is 14.2. The predicted octanol–water partition coefficient (Wildman–Crippen LogP) is 2.90. The van der Waals surface area contributed by atoms with Crippen molar-refractivity contribution in [1.29, 1.82) is 0 Å². The Morgan fingerprint density at radius 3 is 2.29 bits per heavy atom. The first-order valence-corrected chi connectivity index (χ1v) is 21.3. The van der Waals surface area contributed by atoms with Gasteiger partial charge in [-0.25, -0.2) is 31.3 Å². The van der Waals surface area contributed by atoms with E-state index in [1.807, 2.05) is 58.0 Å². The number of amides is 3. The van der Waals surface area contributed by atoms with Crippen LogP contribution in [0.4, 0.5) is 4.79 Å². The van der Waals surface area contributed by atoms with Crippen molar-refractivity contribution in [3.05, 3.63) is 76.2 Å². The van der Waals surface area contributed by atoms with E-state index in [9.17, 15) is 31.5 Å². The molecule has 0 radical (unpaired) electrons. The molecule has 2 heterocycles. The molecule has 1 aromatic heterocycles. The average Bonchev–Trinajstić information content (AvgIpc) is 3.69. The molecule has 0 spiro atoms. The molecule has 1 fully saturated rings. The second-order valence-corrected chi connectivity index (χ2v) is 18.4. The lowest BCUT2D eigenvalue weighted by molar-refractivity contribution is -0.128. The standard InChI is InChI=1S/C35H50N6O8S3/c1-24(2)20-40(52(47,48)29-14-12-28(49-5)13-15-29)22-31(42)30(18-26-10-8-7-9-11-26)38-34(43)33(25(3)4)41-17-16-39(35(41)44)21-27-23-50-32(37-27)19-36-51(6,45)46/h7-15,23-25,30-31,33,36,42H,16-22H2,1-6H3,(H,38,43)/t30-,31-,33-/m0/s1. The summed E-state index contributed by atoms with van der Waals surface area (Å²) in [5, 5.41) is 17.1. The Morgan fingerprint density at radius 1 is 1.02 bits per heavy atom. The van der Waals surface area contributed by atoms with Gasteiger partial charge in [0.1, 0.15) is 16.8 Å². The molecule has 1 aliphatic rings. The number of rotatable bonds is 19. The molecule has 0 aliphatic carbocycles. The summed E-state index contributed by atoms with van der Waals surface area (Å²) in [4.78, 5) is 35.5. The normalized spacial score (nSPS) is 15.8. The number of sulfonamides is 2. The molecule has 1 aliphatic heterocycles. The van der Waals surface area contributed by atoms with Crippen LogP contribution >= 0.6 is 11.3 Å². The molecular formula is C35H50N6O8S3. The van der Waals surface area contributed by atoms with Gasteiger partial charge in [0.2, 0.25) is 26.0 Å². The number of ether oxygens (including phenoxy) is 1. The van der Waals surface area contributed by atoms with E-state index in [1.165, 1.54) is 39.8 Å². The Labute approximate surface area is 311 Å². The Balaban J connectivity index is 1.53. The van der Waals surface area contributed by atoms with E-state index in [0.29, 0.717) is 23.0 Å². The lowest BCUT2D eigenvalue weighted by atomic mass is 9.97. The summed E-state index contributed by atoms with van der Waals surface area (Å²) < 4.78 is 59.5. The van der Waals surface area contributed by atoms with Crippen LogP contribution in [0, 0.1) is 11.8 Å². The van der Waals surface area contributed by atoms with Gasteiger partial charge in [-0.15, -0.1) is 11.3 Å². The first-order chi connectivity index (χ1) is 24.5. The summed E-state index contributed by atoms with van der Waals surface area (Å²) >= 11 is 1.29. The SMILES string of the molecule is COc1ccc(S(=O)(=O)N(CC(C)C)C[C@H](O)[C@H](Cc2ccccc2)NC(=O)[C@H](C(C)C)N2CCN(Cc3csc(CNS(C)(=O)=O)n3)C2=O)cc1. The maximum atomic E-state index is 14.1. The minimum atomic E-state index is -4.03. The van der Waals surface area contributed by atoms with Gasteiger partial charge >= 0.3 is 6.03 Å². The van der Waals surface area contributed by atoms with E-state index in [-0.39, 0.29) is 61.9 Å². The molecule has 0 bridgehead atoms. The van der Waals surface area contributed by atoms with Crippen molar-refractivity contribution in [2.75, 3.05) is 39.5 Å². The number of urea groups is 1. The lowest BCUT2D eigenvalue weighted by Crippen LogP contribution is -2.57. The summed E-state index contributed by atoms with van der Waals surface area (Å²) in [5.74, 6) is -0.298. The summed E-state index contributed by atoms with van der Waals surface area (Å²) in [5.41, 5.74) is 1.44. The summed E-state index contributed by atoms with van der Waals surface area (Å²) in [6.45, 7) is 8.22. The van der Waals surface area contributed by atoms with Crippen LogP contribution in [0.2, 0.25) is 0 Å². The van der Waals surface area contributed by atoms with Crippen molar-refractivity contribution >= 4 is 43.3 Å². The number of aromatic nitrogens is 1. The van der Waals surface area contributed by atoms with Crippen molar-refractivity contribution in [1.82, 2.24) is 29.1 Å². The van der Waals surface area contributed by atoms with Gasteiger partial charge in [0.25, 0.3) is 0 Å². The van der Waals surface area contributed by atoms with Gasteiger partial charge < -0.3 is 25.0 Å². The number of nitrogens with zero attached hydrogens (tertiary/aromatic N) is 4. The molecule has 0 saturated carbocycles. The van der Waals surface area contributed by atoms with Crippen LogP contribution in [0.25, 0.3) is 0 Å². The number of thiazole rings is 1. The Bertz CT molecular complexity index is 1850. The minimum absolute atomic E-state index is 0.0534. The highest BCUT2D eigenvalue weighted by molar-refractivity contribution is 7.89. The molecule has 3 amide bonds. The quantitative estimate of drug-likeness (QED) is 0.165. The van der Waals surface area contributed by atoms with Crippen molar-refractivity contribution in [3.63, 3.8) is 0 Å². The molecule has 3 N–H and O–H groups in total. The fourth-order valence-corrected chi connectivity index (χ4v) is 8.87. The second-order valence-electron chi connectivity index (χ2n) is 13.7. The number of carbonyl (C=O) groups is 2. The van der Waals surface area contributed by atoms with E-state index < -0.39 is 44.1 Å². The number of carbonyl (C=O) groups excluding carboxylic acids is 2. The lowest BCUT2D eigenvalue weighted by Gasteiger charge is -2.34. The maximum absolute atomic E-state index is 14.1. The van der Waals surface area contributed by atoms with E-state index in [2.05, 4.69) is 15.0 Å². The molecule has 17 heteroatoms. The van der Waals surface area contributed by atoms with Crippen LogP contribution in [0.3, 0.4) is 0 Å². The van der Waals surface area contributed by atoms with Crippen LogP contribution in [0.5, 0.6) is 5.75 Å². The molecule has 1 saturated heterocycles. The zero-order valence-corrected chi connectivity index (χ0v) is 32.9. The van der Waals surface area contributed by atoms with Gasteiger partial charge in [0, 0.05) is 31.6 Å². The second kappa shape index (κ2) is 17.9. The third kappa shape index (κ3) is 11.2. The maximum Gasteiger partial charge on any atom is 0.321 e. The largest absolute Gasteiger partial charge is 0.497 e. The van der Waals surface area contributed by atoms with Crippen molar-refractivity contribution in [3.8, 4) is 5.75 Å². The molecule has 52 heavy (non-hydrogen) atoms. The fraction of sp³-hybridized carbons (Fsp3) is 0.514. The first-order valence-electron chi connectivity index (χ1n) is 17.1. The van der Waals surface area contributed by atoms with Crippen molar-refractivity contribution in [2.45, 2.75) is 70.3 Å². The van der Waals surface area contributed by atoms with Gasteiger partial charge in [-0.1, -0.05) is 58.0 Å². The van der Waals surface area contributed by atoms with Gasteiger partial charge in [0.15, 0.2) is 0 Å². The average molecular weight is 779 g/mol. The fourth-order valence-electron chi connectivity index (χ4n) is 6.03. The highest BCUT2D eigenvalue weighted by atomic mass is 32.2. The van der Waals surface area contributed by atoms with Gasteiger partial charge in [-0.2, -0.15) is 4.31 Å². The number of aliphatic hydroxyl groups is 1. The molecular weight excluding hydrogens is 729 g/mol. The third-order valence-corrected chi connectivity index (χ3v) is 12.0. The predicted molar refractivity (Wildman–Crippen MR) is 200 cm³/mol. The molecule has 4 rings (SSSR count). The van der Waals surface area contributed by atoms with E-state index >= 15 is 0 Å². The first kappa shape index (κ1) is 41.2. The summed E-state index contributed by atoms with van der Waals surface area (Å²) in [7, 11) is -5.92. The van der Waals surface area contributed by atoms with Crippen LogP contribution in [0.15, 0.2) is 64.9 Å². The van der Waals surface area contributed by atoms with Crippen molar-refractivity contribution < 1.29 is 36.3 Å². The third-order valence-electron chi connectivity index (χ3n) is 8.55. The van der Waals surface area contributed by atoms with Gasteiger partial charge in [-0.05, 0) is 48.1 Å². The van der Waals surface area contributed by atoms with Gasteiger partial charge in [-0.3, -0.25) is 4.79 Å². The highest BCUT2D eigenvalue weighted by Gasteiger charge is 2.40. The number of hydrogen-bond donors (Lipinski definition) is 3. The number of nitrogens with one attached hydrogen (secondary N) is 2. The van der Waals surface area contributed by atoms with Crippen LogP contribution in [0.1, 0.15) is 44.0 Å². The molecule has 14 nitrogen and oxygen atoms in total. The van der Waals surface area contributed by atoms with E-state index in [0.717, 1.165) is 11.8 Å². The van der Waals surface area contributed by atoms with Crippen molar-refractivity contribution in [2.24, 2.45) is 11.8 Å². The van der Waals surface area contributed by atoms with Crippen LogP contribution in [-0.4, -0.2) is 111 Å². The molecule has 2 aromatic carbocycles. The van der Waals surface area contributed by atoms with Gasteiger partial charge in [0.05, 0.1) is 49.2 Å². The summed E-state index contributed by atoms with van der Waals surface area (Å²) in [6, 6.07) is 13.2. The molecule has 3 atom stereocenters. The Morgan fingerprint density at radius 2 is 1.69 bits per heavy atom. The number of aliphatic hydroxyl groups excluding tert-OH is 1. The number of benzene rings is 2. The van der Waals surface area contributed by atoms with E-state index in [1.54, 1.807) is 22.4 Å². The summed E-state index contributed by atoms with van der Waals surface area (Å²) in [6.07, 6.45) is -0.0108. The zero-order chi connectivity index (χ0) is 38.2. The van der Waals surface area contributed by atoms with E-state index in [4.69, 9.17) is 4.74 Å². The molecule has 286 valence electrons. The minimum Gasteiger partial charge on any atom is -0.497 e. The smallest absolute Gasteiger partial charge is 0.321 e. The highest BCUT2D eigenvalue weighted by Crippen LogP contribution is 2.24. The van der Waals surface area contributed by atoms with Crippen LogP contribution in [-0.2, 0) is 44.4 Å².